The first-order valence-corrected chi connectivity index (χ1v) is 9.30. The number of carbonyl (C=O) groups is 1. The summed E-state index contributed by atoms with van der Waals surface area (Å²) in [5.41, 5.74) is 3.83. The summed E-state index contributed by atoms with van der Waals surface area (Å²) >= 11 is 0. The van der Waals surface area contributed by atoms with Crippen LogP contribution in [0.4, 0.5) is 0 Å². The van der Waals surface area contributed by atoms with E-state index in [9.17, 15) is 4.79 Å². The van der Waals surface area contributed by atoms with Crippen LogP contribution in [0.1, 0.15) is 31.5 Å². The lowest BCUT2D eigenvalue weighted by Gasteiger charge is -2.34. The van der Waals surface area contributed by atoms with Crippen LogP contribution in [-0.2, 0) is 17.8 Å². The minimum atomic E-state index is 0.322. The third-order valence-electron chi connectivity index (χ3n) is 5.72. The fraction of sp³-hybridized carbons (Fsp3) is 0.550. The highest BCUT2D eigenvalue weighted by Gasteiger charge is 2.30. The Morgan fingerprint density at radius 2 is 2.00 bits per heavy atom. The highest BCUT2D eigenvalue weighted by atomic mass is 16.2. The lowest BCUT2D eigenvalue weighted by Crippen LogP contribution is -3.15. The van der Waals surface area contributed by atoms with E-state index in [4.69, 9.17) is 0 Å². The van der Waals surface area contributed by atoms with Crippen LogP contribution >= 0.6 is 0 Å². The second-order valence-corrected chi connectivity index (χ2v) is 7.97. The maximum Gasteiger partial charge on any atom is 0.278 e. The zero-order valence-corrected chi connectivity index (χ0v) is 14.8. The minimum absolute atomic E-state index is 0.322. The highest BCUT2D eigenvalue weighted by Crippen LogP contribution is 2.27. The smallest absolute Gasteiger partial charge is 0.278 e. The van der Waals surface area contributed by atoms with Crippen LogP contribution in [0, 0.1) is 11.8 Å². The minimum Gasteiger partial charge on any atom is -0.358 e. The van der Waals surface area contributed by atoms with Gasteiger partial charge in [0.2, 0.25) is 0 Å². The summed E-state index contributed by atoms with van der Waals surface area (Å²) < 4.78 is 0. The van der Waals surface area contributed by atoms with Gasteiger partial charge in [0.25, 0.3) is 5.91 Å². The summed E-state index contributed by atoms with van der Waals surface area (Å²) in [5, 5.41) is 1.28. The summed E-state index contributed by atoms with van der Waals surface area (Å²) in [4.78, 5) is 19.9. The number of fused-ring (bicyclic) bond motifs is 3. The maximum absolute atomic E-state index is 12.8. The monoisotopic (exact) mass is 326 g/mol. The number of amides is 1. The third kappa shape index (κ3) is 2.95. The van der Waals surface area contributed by atoms with Gasteiger partial charge in [-0.1, -0.05) is 32.0 Å². The van der Waals surface area contributed by atoms with Crippen LogP contribution in [0.2, 0.25) is 0 Å². The summed E-state index contributed by atoms with van der Waals surface area (Å²) in [7, 11) is 0. The molecule has 1 saturated heterocycles. The van der Waals surface area contributed by atoms with Crippen molar-refractivity contribution >= 4 is 16.8 Å². The molecule has 4 nitrogen and oxygen atoms in total. The highest BCUT2D eigenvalue weighted by molar-refractivity contribution is 5.86. The van der Waals surface area contributed by atoms with E-state index in [0.29, 0.717) is 12.5 Å². The Labute approximate surface area is 143 Å². The molecule has 4 heteroatoms. The second-order valence-electron chi connectivity index (χ2n) is 7.97. The molecule has 1 aromatic heterocycles. The number of H-pyrrole nitrogens is 1. The van der Waals surface area contributed by atoms with E-state index in [1.165, 1.54) is 33.5 Å². The maximum atomic E-state index is 12.8. The SMILES string of the molecule is C[C@@H]1C[C@H](C)C[NH+](CC(=O)N2CCc3[nH]c4ccccc4c3C2)C1. The number of hydrogen-bond acceptors (Lipinski definition) is 1. The van der Waals surface area contributed by atoms with E-state index in [1.54, 1.807) is 0 Å². The van der Waals surface area contributed by atoms with Crippen molar-refractivity contribution in [2.75, 3.05) is 26.2 Å². The molecule has 0 saturated carbocycles. The van der Waals surface area contributed by atoms with Gasteiger partial charge in [-0.3, -0.25) is 4.79 Å². The van der Waals surface area contributed by atoms with E-state index in [0.717, 1.165) is 44.4 Å². The number of benzene rings is 1. The molecule has 1 unspecified atom stereocenters. The molecule has 2 aliphatic rings. The van der Waals surface area contributed by atoms with Crippen molar-refractivity contribution in [3.63, 3.8) is 0 Å². The molecular weight excluding hydrogens is 298 g/mol. The van der Waals surface area contributed by atoms with Crippen molar-refractivity contribution in [3.05, 3.63) is 35.5 Å². The van der Waals surface area contributed by atoms with E-state index >= 15 is 0 Å². The van der Waals surface area contributed by atoms with Crippen LogP contribution in [0.5, 0.6) is 0 Å². The zero-order valence-electron chi connectivity index (χ0n) is 14.8. The molecule has 0 bridgehead atoms. The van der Waals surface area contributed by atoms with Gasteiger partial charge >= 0.3 is 0 Å². The summed E-state index contributed by atoms with van der Waals surface area (Å²) in [5.74, 6) is 1.79. The zero-order chi connectivity index (χ0) is 16.7. The van der Waals surface area contributed by atoms with Gasteiger partial charge in [-0.05, 0) is 12.5 Å². The number of nitrogens with zero attached hydrogens (tertiary/aromatic N) is 1. The van der Waals surface area contributed by atoms with Crippen LogP contribution < -0.4 is 4.90 Å². The summed E-state index contributed by atoms with van der Waals surface area (Å²) in [6.07, 6.45) is 2.25. The largest absolute Gasteiger partial charge is 0.358 e. The predicted octanol–water partition coefficient (Wildman–Crippen LogP) is 1.61. The molecule has 0 radical (unpaired) electrons. The van der Waals surface area contributed by atoms with Crippen LogP contribution in [0.25, 0.3) is 10.9 Å². The standard InChI is InChI=1S/C20H27N3O/c1-14-9-15(2)11-22(10-14)13-20(24)23-8-7-19-17(12-23)16-5-3-4-6-18(16)21-19/h3-6,14-15,21H,7-13H2,1-2H3/p+1/t14-,15+. The number of para-hydroxylation sites is 1. The Morgan fingerprint density at radius 3 is 2.79 bits per heavy atom. The molecule has 24 heavy (non-hydrogen) atoms. The second kappa shape index (κ2) is 6.25. The molecule has 4 rings (SSSR count). The van der Waals surface area contributed by atoms with E-state index in [2.05, 4.69) is 48.0 Å². The number of aromatic nitrogens is 1. The number of aromatic amines is 1. The topological polar surface area (TPSA) is 40.5 Å². The van der Waals surface area contributed by atoms with E-state index < -0.39 is 0 Å². The first-order chi connectivity index (χ1) is 11.6. The molecule has 1 fully saturated rings. The number of quaternary nitrogens is 1. The quantitative estimate of drug-likeness (QED) is 0.865. The van der Waals surface area contributed by atoms with Crippen LogP contribution in [0.3, 0.4) is 0 Å². The number of likely N-dealkylation sites (tertiary alicyclic amines) is 1. The van der Waals surface area contributed by atoms with Crippen molar-refractivity contribution in [3.8, 4) is 0 Å². The average molecular weight is 326 g/mol. The van der Waals surface area contributed by atoms with Gasteiger partial charge in [0.1, 0.15) is 0 Å². The Hall–Kier alpha value is -1.81. The number of nitrogens with one attached hydrogen (secondary N) is 2. The van der Waals surface area contributed by atoms with Crippen molar-refractivity contribution in [1.82, 2.24) is 9.88 Å². The van der Waals surface area contributed by atoms with Gasteiger partial charge in [-0.25, -0.2) is 0 Å². The number of piperidine rings is 1. The lowest BCUT2D eigenvalue weighted by molar-refractivity contribution is -0.904. The van der Waals surface area contributed by atoms with Crippen LogP contribution in [-0.4, -0.2) is 42.0 Å². The molecule has 1 amide bonds. The Kier molecular flexibility index (Phi) is 4.09. The van der Waals surface area contributed by atoms with Crippen molar-refractivity contribution in [2.24, 2.45) is 11.8 Å². The Bertz CT molecular complexity index is 740. The molecule has 0 aliphatic carbocycles. The molecule has 1 aromatic carbocycles. The lowest BCUT2D eigenvalue weighted by atomic mass is 9.92. The van der Waals surface area contributed by atoms with Gasteiger partial charge < -0.3 is 14.8 Å². The Morgan fingerprint density at radius 1 is 1.25 bits per heavy atom. The molecule has 2 aromatic rings. The van der Waals surface area contributed by atoms with Gasteiger partial charge in [0.05, 0.1) is 13.1 Å². The molecule has 0 spiro atoms. The summed E-state index contributed by atoms with van der Waals surface area (Å²) in [6.45, 7) is 9.18. The Balaban J connectivity index is 1.47. The number of rotatable bonds is 2. The predicted molar refractivity (Wildman–Crippen MR) is 95.9 cm³/mol. The van der Waals surface area contributed by atoms with Gasteiger partial charge in [-0.15, -0.1) is 0 Å². The van der Waals surface area contributed by atoms with Crippen molar-refractivity contribution in [1.29, 1.82) is 0 Å². The van der Waals surface area contributed by atoms with Gasteiger partial charge in [-0.2, -0.15) is 0 Å². The van der Waals surface area contributed by atoms with Crippen molar-refractivity contribution < 1.29 is 9.69 Å². The number of carbonyl (C=O) groups excluding carboxylic acids is 1. The first kappa shape index (κ1) is 15.7. The molecule has 2 aliphatic heterocycles. The summed E-state index contributed by atoms with van der Waals surface area (Å²) in [6, 6.07) is 8.44. The average Bonchev–Trinajstić information content (AvgIpc) is 2.91. The van der Waals surface area contributed by atoms with E-state index in [-0.39, 0.29) is 0 Å². The fourth-order valence-electron chi connectivity index (χ4n) is 4.77. The molecule has 3 atom stereocenters. The van der Waals surface area contributed by atoms with Gasteiger partial charge in [0.15, 0.2) is 6.54 Å². The molecule has 128 valence electrons. The first-order valence-electron chi connectivity index (χ1n) is 9.30. The van der Waals surface area contributed by atoms with Crippen LogP contribution in [0.15, 0.2) is 24.3 Å². The number of hydrogen-bond donors (Lipinski definition) is 2. The van der Waals surface area contributed by atoms with Gasteiger partial charge in [0, 0.05) is 53.5 Å². The molecule has 2 N–H and O–H groups in total. The van der Waals surface area contributed by atoms with E-state index in [1.807, 2.05) is 0 Å². The molecular formula is C20H28N3O+. The molecule has 3 heterocycles. The van der Waals surface area contributed by atoms with Crippen molar-refractivity contribution in [2.45, 2.75) is 33.2 Å². The third-order valence-corrected chi connectivity index (χ3v) is 5.72. The fourth-order valence-corrected chi connectivity index (χ4v) is 4.77. The normalized spacial score (nSPS) is 27.2.